The molecule has 0 radical (unpaired) electrons. The molecule has 0 saturated carbocycles. The number of anilines is 3. The monoisotopic (exact) mass is 409 g/mol. The third kappa shape index (κ3) is 4.51. The highest BCUT2D eigenvalue weighted by atomic mass is 32.1. The summed E-state index contributed by atoms with van der Waals surface area (Å²) in [5, 5.41) is 6.88. The van der Waals surface area contributed by atoms with Crippen LogP contribution < -0.4 is 15.1 Å². The lowest BCUT2D eigenvalue weighted by Gasteiger charge is -2.36. The Morgan fingerprint density at radius 1 is 1.07 bits per heavy atom. The van der Waals surface area contributed by atoms with Crippen molar-refractivity contribution in [2.75, 3.05) is 41.3 Å². The second kappa shape index (κ2) is 8.95. The largest absolute Gasteiger partial charge is 0.368 e. The fourth-order valence-electron chi connectivity index (χ4n) is 3.32. The van der Waals surface area contributed by atoms with Crippen LogP contribution in [0.1, 0.15) is 28.7 Å². The third-order valence-electron chi connectivity index (χ3n) is 4.83. The van der Waals surface area contributed by atoms with Gasteiger partial charge in [0, 0.05) is 31.9 Å². The van der Waals surface area contributed by atoms with Gasteiger partial charge in [-0.1, -0.05) is 36.0 Å². The van der Waals surface area contributed by atoms with Gasteiger partial charge in [0.1, 0.15) is 4.88 Å². The topological polar surface area (TPSA) is 87.1 Å². The van der Waals surface area contributed by atoms with Crippen LogP contribution in [-0.2, 0) is 6.42 Å². The molecule has 3 heterocycles. The first kappa shape index (κ1) is 19.3. The van der Waals surface area contributed by atoms with Crippen molar-refractivity contribution in [1.29, 1.82) is 0 Å². The van der Waals surface area contributed by atoms with Gasteiger partial charge in [0.05, 0.1) is 23.8 Å². The summed E-state index contributed by atoms with van der Waals surface area (Å²) in [7, 11) is 0. The molecule has 8 nitrogen and oxygen atoms in total. The molecular formula is C20H23N7OS. The van der Waals surface area contributed by atoms with E-state index in [1.54, 1.807) is 12.4 Å². The van der Waals surface area contributed by atoms with Crippen molar-refractivity contribution in [2.45, 2.75) is 19.8 Å². The highest BCUT2D eigenvalue weighted by Gasteiger charge is 2.20. The second-order valence-electron chi connectivity index (χ2n) is 6.83. The molecule has 0 bridgehead atoms. The van der Waals surface area contributed by atoms with Gasteiger partial charge in [0.25, 0.3) is 5.91 Å². The summed E-state index contributed by atoms with van der Waals surface area (Å²) >= 11 is 1.11. The number of amides is 1. The van der Waals surface area contributed by atoms with E-state index in [9.17, 15) is 4.79 Å². The SMILES string of the molecule is CCCc1nnsc1C(=O)Nc1cnc(N2CCN(c3ccccc3)CC2)nc1. The molecular weight excluding hydrogens is 386 g/mol. The van der Waals surface area contributed by atoms with Crippen LogP contribution in [0.4, 0.5) is 17.3 Å². The molecule has 1 aromatic carbocycles. The van der Waals surface area contributed by atoms with Crippen molar-refractivity contribution in [1.82, 2.24) is 19.6 Å². The van der Waals surface area contributed by atoms with Crippen LogP contribution in [0.15, 0.2) is 42.7 Å². The number of nitrogens with zero attached hydrogens (tertiary/aromatic N) is 6. The van der Waals surface area contributed by atoms with E-state index in [0.717, 1.165) is 56.2 Å². The molecule has 4 rings (SSSR count). The molecule has 3 aromatic rings. The number of hydrogen-bond donors (Lipinski definition) is 1. The molecule has 2 aromatic heterocycles. The number of aryl methyl sites for hydroxylation is 1. The van der Waals surface area contributed by atoms with Crippen molar-refractivity contribution >= 4 is 34.8 Å². The van der Waals surface area contributed by atoms with Crippen LogP contribution in [-0.4, -0.2) is 51.6 Å². The van der Waals surface area contributed by atoms with E-state index in [1.165, 1.54) is 5.69 Å². The zero-order valence-corrected chi connectivity index (χ0v) is 17.1. The van der Waals surface area contributed by atoms with E-state index in [1.807, 2.05) is 13.0 Å². The van der Waals surface area contributed by atoms with E-state index >= 15 is 0 Å². The number of para-hydroxylation sites is 1. The smallest absolute Gasteiger partial charge is 0.269 e. The van der Waals surface area contributed by atoms with Gasteiger partial charge in [-0.05, 0) is 30.1 Å². The van der Waals surface area contributed by atoms with Crippen molar-refractivity contribution in [2.24, 2.45) is 0 Å². The standard InChI is InChI=1S/C20H23N7OS/c1-2-6-17-18(29-25-24-17)19(28)23-15-13-21-20(22-14-15)27-11-9-26(10-12-27)16-7-4-3-5-8-16/h3-5,7-8,13-14H,2,6,9-12H2,1H3,(H,23,28). The quantitative estimate of drug-likeness (QED) is 0.670. The van der Waals surface area contributed by atoms with Gasteiger partial charge < -0.3 is 15.1 Å². The Morgan fingerprint density at radius 3 is 2.45 bits per heavy atom. The zero-order chi connectivity index (χ0) is 20.1. The molecule has 1 aliphatic heterocycles. The number of benzene rings is 1. The van der Waals surface area contributed by atoms with Crippen LogP contribution in [0, 0.1) is 0 Å². The minimum Gasteiger partial charge on any atom is -0.368 e. The van der Waals surface area contributed by atoms with Gasteiger partial charge in [-0.2, -0.15) is 0 Å². The van der Waals surface area contributed by atoms with Crippen LogP contribution in [0.5, 0.6) is 0 Å². The maximum Gasteiger partial charge on any atom is 0.269 e. The van der Waals surface area contributed by atoms with Gasteiger partial charge in [0.2, 0.25) is 5.95 Å². The molecule has 0 spiro atoms. The highest BCUT2D eigenvalue weighted by Crippen LogP contribution is 2.19. The molecule has 0 atom stereocenters. The first-order valence-electron chi connectivity index (χ1n) is 9.74. The number of aromatic nitrogens is 4. The minimum absolute atomic E-state index is 0.212. The summed E-state index contributed by atoms with van der Waals surface area (Å²) in [6.07, 6.45) is 4.96. The van der Waals surface area contributed by atoms with E-state index in [4.69, 9.17) is 0 Å². The fraction of sp³-hybridized carbons (Fsp3) is 0.350. The fourth-order valence-corrected chi connectivity index (χ4v) is 3.93. The van der Waals surface area contributed by atoms with E-state index < -0.39 is 0 Å². The van der Waals surface area contributed by atoms with E-state index in [-0.39, 0.29) is 5.91 Å². The summed E-state index contributed by atoms with van der Waals surface area (Å²) in [6.45, 7) is 5.60. The van der Waals surface area contributed by atoms with Crippen molar-refractivity contribution < 1.29 is 4.79 Å². The van der Waals surface area contributed by atoms with Gasteiger partial charge in [-0.15, -0.1) is 5.10 Å². The second-order valence-corrected chi connectivity index (χ2v) is 7.59. The van der Waals surface area contributed by atoms with Gasteiger partial charge >= 0.3 is 0 Å². The van der Waals surface area contributed by atoms with Crippen LogP contribution in [0.2, 0.25) is 0 Å². The average molecular weight is 410 g/mol. The Bertz CT molecular complexity index is 937. The minimum atomic E-state index is -0.212. The van der Waals surface area contributed by atoms with E-state index in [0.29, 0.717) is 16.5 Å². The molecule has 1 saturated heterocycles. The predicted octanol–water partition coefficient (Wildman–Crippen LogP) is 2.86. The Kier molecular flexibility index (Phi) is 5.95. The van der Waals surface area contributed by atoms with Crippen molar-refractivity contribution in [3.63, 3.8) is 0 Å². The number of nitrogens with one attached hydrogen (secondary N) is 1. The van der Waals surface area contributed by atoms with Crippen molar-refractivity contribution in [3.05, 3.63) is 53.3 Å². The number of hydrogen-bond acceptors (Lipinski definition) is 8. The molecule has 0 aliphatic carbocycles. The number of carbonyl (C=O) groups excluding carboxylic acids is 1. The Hall–Kier alpha value is -3.07. The number of piperazine rings is 1. The highest BCUT2D eigenvalue weighted by molar-refractivity contribution is 7.08. The summed E-state index contributed by atoms with van der Waals surface area (Å²) in [6, 6.07) is 10.4. The third-order valence-corrected chi connectivity index (χ3v) is 5.60. The Labute approximate surface area is 173 Å². The molecule has 0 unspecified atom stereocenters. The van der Waals surface area contributed by atoms with Crippen LogP contribution in [0.3, 0.4) is 0 Å². The van der Waals surface area contributed by atoms with Crippen molar-refractivity contribution in [3.8, 4) is 0 Å². The zero-order valence-electron chi connectivity index (χ0n) is 16.3. The maximum atomic E-state index is 12.5. The number of rotatable bonds is 6. The first-order chi connectivity index (χ1) is 14.2. The molecule has 1 fully saturated rings. The normalized spacial score (nSPS) is 14.1. The first-order valence-corrected chi connectivity index (χ1v) is 10.5. The maximum absolute atomic E-state index is 12.5. The lowest BCUT2D eigenvalue weighted by Crippen LogP contribution is -2.47. The van der Waals surface area contributed by atoms with Gasteiger partial charge in [-0.25, -0.2) is 9.97 Å². The Balaban J connectivity index is 1.35. The lowest BCUT2D eigenvalue weighted by molar-refractivity contribution is 0.102. The molecule has 1 amide bonds. The van der Waals surface area contributed by atoms with Gasteiger partial charge in [0.15, 0.2) is 0 Å². The average Bonchev–Trinajstić information content (AvgIpc) is 3.24. The lowest BCUT2D eigenvalue weighted by atomic mass is 10.2. The molecule has 1 aliphatic rings. The molecule has 29 heavy (non-hydrogen) atoms. The summed E-state index contributed by atoms with van der Waals surface area (Å²) < 4.78 is 3.90. The van der Waals surface area contributed by atoms with Crippen LogP contribution >= 0.6 is 11.5 Å². The molecule has 9 heteroatoms. The molecule has 1 N–H and O–H groups in total. The molecule has 150 valence electrons. The summed E-state index contributed by atoms with van der Waals surface area (Å²) in [5.74, 6) is 0.470. The summed E-state index contributed by atoms with van der Waals surface area (Å²) in [5.41, 5.74) is 2.55. The van der Waals surface area contributed by atoms with E-state index in [2.05, 4.69) is 58.9 Å². The Morgan fingerprint density at radius 2 is 1.76 bits per heavy atom. The van der Waals surface area contributed by atoms with Crippen LogP contribution in [0.25, 0.3) is 0 Å². The van der Waals surface area contributed by atoms with Gasteiger partial charge in [-0.3, -0.25) is 4.79 Å². The summed E-state index contributed by atoms with van der Waals surface area (Å²) in [4.78, 5) is 26.4. The predicted molar refractivity (Wildman–Crippen MR) is 115 cm³/mol. The number of carbonyl (C=O) groups is 1.